The lowest BCUT2D eigenvalue weighted by Gasteiger charge is -2.20. The van der Waals surface area contributed by atoms with Gasteiger partial charge in [0.15, 0.2) is 0 Å². The SMILES string of the molecule is Cc1cc(C)c(Nc2ccnc(N(C)c3ccc(Cl)cc3)c2)c(C)c1. The van der Waals surface area contributed by atoms with Gasteiger partial charge in [-0.05, 0) is 62.2 Å². The second-order valence-electron chi connectivity index (χ2n) is 6.34. The molecule has 1 heterocycles. The summed E-state index contributed by atoms with van der Waals surface area (Å²) in [5.41, 5.74) is 6.96. The van der Waals surface area contributed by atoms with Crippen molar-refractivity contribution < 1.29 is 0 Å². The van der Waals surface area contributed by atoms with Gasteiger partial charge >= 0.3 is 0 Å². The van der Waals surface area contributed by atoms with Crippen molar-refractivity contribution in [2.45, 2.75) is 20.8 Å². The zero-order chi connectivity index (χ0) is 18.0. The lowest BCUT2D eigenvalue weighted by atomic mass is 10.0. The summed E-state index contributed by atoms with van der Waals surface area (Å²) in [6.45, 7) is 6.38. The highest BCUT2D eigenvalue weighted by molar-refractivity contribution is 6.30. The molecular weight excluding hydrogens is 330 g/mol. The molecule has 3 aromatic rings. The number of hydrogen-bond donors (Lipinski definition) is 1. The van der Waals surface area contributed by atoms with Crippen LogP contribution in [-0.4, -0.2) is 12.0 Å². The summed E-state index contributed by atoms with van der Waals surface area (Å²) in [4.78, 5) is 6.53. The van der Waals surface area contributed by atoms with E-state index < -0.39 is 0 Å². The maximum Gasteiger partial charge on any atom is 0.134 e. The van der Waals surface area contributed by atoms with Crippen molar-refractivity contribution in [3.63, 3.8) is 0 Å². The third-order valence-corrected chi connectivity index (χ3v) is 4.50. The minimum absolute atomic E-state index is 0.728. The topological polar surface area (TPSA) is 28.2 Å². The third kappa shape index (κ3) is 3.94. The first-order valence-corrected chi connectivity index (χ1v) is 8.62. The largest absolute Gasteiger partial charge is 0.355 e. The van der Waals surface area contributed by atoms with Crippen molar-refractivity contribution in [2.75, 3.05) is 17.3 Å². The Bertz CT molecular complexity index is 865. The Kier molecular flexibility index (Phi) is 4.95. The molecule has 128 valence electrons. The fraction of sp³-hybridized carbons (Fsp3) is 0.190. The molecule has 0 spiro atoms. The molecule has 2 aromatic carbocycles. The number of anilines is 4. The minimum atomic E-state index is 0.728. The van der Waals surface area contributed by atoms with Gasteiger partial charge in [0.2, 0.25) is 0 Å². The fourth-order valence-corrected chi connectivity index (χ4v) is 3.12. The number of aryl methyl sites for hydroxylation is 3. The highest BCUT2D eigenvalue weighted by Crippen LogP contribution is 2.29. The summed E-state index contributed by atoms with van der Waals surface area (Å²) in [7, 11) is 2.00. The van der Waals surface area contributed by atoms with E-state index >= 15 is 0 Å². The number of nitrogens with one attached hydrogen (secondary N) is 1. The first-order chi connectivity index (χ1) is 11.9. The molecule has 0 aliphatic rings. The van der Waals surface area contributed by atoms with Crippen molar-refractivity contribution in [2.24, 2.45) is 0 Å². The van der Waals surface area contributed by atoms with Gasteiger partial charge in [0, 0.05) is 41.4 Å². The second kappa shape index (κ2) is 7.16. The molecule has 0 fully saturated rings. The van der Waals surface area contributed by atoms with Crippen molar-refractivity contribution >= 4 is 34.5 Å². The minimum Gasteiger partial charge on any atom is -0.355 e. The van der Waals surface area contributed by atoms with Crippen LogP contribution in [0.2, 0.25) is 5.02 Å². The summed E-state index contributed by atoms with van der Waals surface area (Å²) in [6.07, 6.45) is 1.82. The molecule has 3 rings (SSSR count). The van der Waals surface area contributed by atoms with Gasteiger partial charge in [-0.1, -0.05) is 29.3 Å². The molecule has 0 unspecified atom stereocenters. The van der Waals surface area contributed by atoms with Gasteiger partial charge in [0.05, 0.1) is 0 Å². The van der Waals surface area contributed by atoms with E-state index in [0.29, 0.717) is 0 Å². The molecule has 1 N–H and O–H groups in total. The smallest absolute Gasteiger partial charge is 0.134 e. The molecule has 1 aromatic heterocycles. The van der Waals surface area contributed by atoms with Gasteiger partial charge in [-0.2, -0.15) is 0 Å². The Labute approximate surface area is 154 Å². The summed E-state index contributed by atoms with van der Waals surface area (Å²) in [5, 5.41) is 4.26. The predicted octanol–water partition coefficient (Wildman–Crippen LogP) is 6.17. The van der Waals surface area contributed by atoms with Crippen LogP contribution in [0.1, 0.15) is 16.7 Å². The van der Waals surface area contributed by atoms with Gasteiger partial charge in [-0.3, -0.25) is 0 Å². The molecule has 3 nitrogen and oxygen atoms in total. The Hall–Kier alpha value is -2.52. The van der Waals surface area contributed by atoms with Crippen LogP contribution in [0.4, 0.5) is 22.9 Å². The van der Waals surface area contributed by atoms with E-state index in [2.05, 4.69) is 43.2 Å². The van der Waals surface area contributed by atoms with Crippen LogP contribution < -0.4 is 10.2 Å². The Morgan fingerprint density at radius 1 is 0.920 bits per heavy atom. The molecule has 0 aliphatic heterocycles. The monoisotopic (exact) mass is 351 g/mol. The van der Waals surface area contributed by atoms with Crippen LogP contribution in [-0.2, 0) is 0 Å². The molecule has 0 saturated carbocycles. The quantitative estimate of drug-likeness (QED) is 0.609. The normalized spacial score (nSPS) is 10.6. The average molecular weight is 352 g/mol. The number of pyridine rings is 1. The number of hydrogen-bond acceptors (Lipinski definition) is 3. The number of nitrogens with zero attached hydrogens (tertiary/aromatic N) is 2. The van der Waals surface area contributed by atoms with Crippen LogP contribution in [0.5, 0.6) is 0 Å². The molecule has 25 heavy (non-hydrogen) atoms. The molecule has 0 bridgehead atoms. The van der Waals surface area contributed by atoms with Crippen molar-refractivity contribution in [1.29, 1.82) is 0 Å². The molecule has 0 amide bonds. The molecular formula is C21H22ClN3. The number of aromatic nitrogens is 1. The third-order valence-electron chi connectivity index (χ3n) is 4.25. The fourth-order valence-electron chi connectivity index (χ4n) is 3.00. The maximum absolute atomic E-state index is 5.97. The predicted molar refractivity (Wildman–Crippen MR) is 108 cm³/mol. The second-order valence-corrected chi connectivity index (χ2v) is 6.77. The first-order valence-electron chi connectivity index (χ1n) is 8.24. The van der Waals surface area contributed by atoms with Crippen molar-refractivity contribution in [3.05, 3.63) is 76.4 Å². The zero-order valence-electron chi connectivity index (χ0n) is 15.0. The molecule has 0 aliphatic carbocycles. The van der Waals surface area contributed by atoms with E-state index in [1.807, 2.05) is 54.5 Å². The molecule has 4 heteroatoms. The Morgan fingerprint density at radius 3 is 2.20 bits per heavy atom. The van der Waals surface area contributed by atoms with E-state index in [4.69, 9.17) is 11.6 Å². The van der Waals surface area contributed by atoms with E-state index in [9.17, 15) is 0 Å². The van der Waals surface area contributed by atoms with Gasteiger partial charge < -0.3 is 10.2 Å². The average Bonchev–Trinajstić information content (AvgIpc) is 2.58. The van der Waals surface area contributed by atoms with E-state index in [1.165, 1.54) is 16.7 Å². The van der Waals surface area contributed by atoms with Gasteiger partial charge in [0.25, 0.3) is 0 Å². The number of benzene rings is 2. The van der Waals surface area contributed by atoms with Crippen LogP contribution >= 0.6 is 11.6 Å². The molecule has 0 radical (unpaired) electrons. The van der Waals surface area contributed by atoms with Crippen LogP contribution in [0.25, 0.3) is 0 Å². The summed E-state index contributed by atoms with van der Waals surface area (Å²) >= 11 is 5.97. The van der Waals surface area contributed by atoms with E-state index in [0.717, 1.165) is 27.9 Å². The Morgan fingerprint density at radius 2 is 1.56 bits per heavy atom. The number of halogens is 1. The van der Waals surface area contributed by atoms with E-state index in [-0.39, 0.29) is 0 Å². The van der Waals surface area contributed by atoms with Crippen LogP contribution in [0.15, 0.2) is 54.7 Å². The summed E-state index contributed by atoms with van der Waals surface area (Å²) in [5.74, 6) is 0.870. The van der Waals surface area contributed by atoms with Gasteiger partial charge in [-0.25, -0.2) is 4.98 Å². The Balaban J connectivity index is 1.88. The lowest BCUT2D eigenvalue weighted by Crippen LogP contribution is -2.11. The number of rotatable bonds is 4. The molecule has 0 saturated heterocycles. The summed E-state index contributed by atoms with van der Waals surface area (Å²) in [6, 6.07) is 16.2. The summed E-state index contributed by atoms with van der Waals surface area (Å²) < 4.78 is 0. The van der Waals surface area contributed by atoms with Crippen molar-refractivity contribution in [3.8, 4) is 0 Å². The molecule has 0 atom stereocenters. The van der Waals surface area contributed by atoms with Crippen molar-refractivity contribution in [1.82, 2.24) is 4.98 Å². The standard InChI is InChI=1S/C21H22ClN3/c1-14-11-15(2)21(16(3)12-14)24-18-9-10-23-20(13-18)25(4)19-7-5-17(22)6-8-19/h5-13H,1-4H3,(H,23,24). The first kappa shape index (κ1) is 17.3. The van der Waals surface area contributed by atoms with Gasteiger partial charge in [-0.15, -0.1) is 0 Å². The van der Waals surface area contributed by atoms with Gasteiger partial charge in [0.1, 0.15) is 5.82 Å². The lowest BCUT2D eigenvalue weighted by molar-refractivity contribution is 1.13. The highest BCUT2D eigenvalue weighted by atomic mass is 35.5. The van der Waals surface area contributed by atoms with Crippen LogP contribution in [0.3, 0.4) is 0 Å². The maximum atomic E-state index is 5.97. The van der Waals surface area contributed by atoms with Crippen LogP contribution in [0, 0.1) is 20.8 Å². The highest BCUT2D eigenvalue weighted by Gasteiger charge is 2.08. The van der Waals surface area contributed by atoms with E-state index in [1.54, 1.807) is 0 Å². The zero-order valence-corrected chi connectivity index (χ0v) is 15.7.